The van der Waals surface area contributed by atoms with Crippen molar-refractivity contribution < 1.29 is 0 Å². The van der Waals surface area contributed by atoms with E-state index >= 15 is 0 Å². The van der Waals surface area contributed by atoms with Crippen molar-refractivity contribution >= 4 is 85.5 Å². The smallest absolute Gasteiger partial charge is 0.0788 e. The van der Waals surface area contributed by atoms with E-state index in [9.17, 15) is 0 Å². The molecule has 1 nitrogen and oxygen atoms in total. The molecular formula is C49H29NS. The summed E-state index contributed by atoms with van der Waals surface area (Å²) in [4.78, 5) is 5.31. The molecule has 0 bridgehead atoms. The molecule has 51 heavy (non-hydrogen) atoms. The summed E-state index contributed by atoms with van der Waals surface area (Å²) in [5.74, 6) is 0. The van der Waals surface area contributed by atoms with E-state index in [1.54, 1.807) is 0 Å². The first-order valence-electron chi connectivity index (χ1n) is 17.5. The summed E-state index contributed by atoms with van der Waals surface area (Å²) in [6, 6.07) is 64.2. The van der Waals surface area contributed by atoms with E-state index in [4.69, 9.17) is 4.98 Å². The number of para-hydroxylation sites is 1. The molecule has 9 aromatic carbocycles. The fourth-order valence-corrected chi connectivity index (χ4v) is 9.67. The van der Waals surface area contributed by atoms with Crippen LogP contribution in [0.1, 0.15) is 0 Å². The first-order chi connectivity index (χ1) is 25.3. The Balaban J connectivity index is 1.14. The van der Waals surface area contributed by atoms with Crippen LogP contribution in [-0.2, 0) is 0 Å². The number of pyridine rings is 1. The minimum atomic E-state index is 1.02. The van der Waals surface area contributed by atoms with Crippen molar-refractivity contribution in [3.8, 4) is 33.5 Å². The Labute approximate surface area is 298 Å². The van der Waals surface area contributed by atoms with Crippen LogP contribution in [0.3, 0.4) is 0 Å². The van der Waals surface area contributed by atoms with Crippen molar-refractivity contribution in [1.29, 1.82) is 0 Å². The van der Waals surface area contributed by atoms with Crippen molar-refractivity contribution in [2.45, 2.75) is 0 Å². The molecular weight excluding hydrogens is 635 g/mol. The van der Waals surface area contributed by atoms with Crippen LogP contribution in [0.25, 0.3) is 108 Å². The van der Waals surface area contributed by atoms with Crippen LogP contribution in [0, 0.1) is 0 Å². The lowest BCUT2D eigenvalue weighted by molar-refractivity contribution is 1.43. The van der Waals surface area contributed by atoms with Crippen LogP contribution in [0.5, 0.6) is 0 Å². The molecule has 0 N–H and O–H groups in total. The SMILES string of the molecule is c1ccc2c(-c3c4ccccc4c(-c4ccc(-c5nc6ccccc6c6c5ccc5c7ccccc7sc56)cc4)c4ccccc34)cccc2c1. The molecule has 2 heteroatoms. The predicted octanol–water partition coefficient (Wildman–Crippen LogP) is 14.2. The molecule has 0 fully saturated rings. The van der Waals surface area contributed by atoms with E-state index in [0.717, 1.165) is 16.8 Å². The zero-order valence-electron chi connectivity index (χ0n) is 27.6. The second kappa shape index (κ2) is 11.1. The Hall–Kier alpha value is -6.35. The molecule has 0 unspecified atom stereocenters. The van der Waals surface area contributed by atoms with Gasteiger partial charge in [0.2, 0.25) is 0 Å². The molecule has 0 amide bonds. The molecule has 0 aliphatic rings. The molecule has 0 aliphatic carbocycles. The summed E-state index contributed by atoms with van der Waals surface area (Å²) in [5, 5.41) is 13.9. The molecule has 0 saturated carbocycles. The topological polar surface area (TPSA) is 12.9 Å². The highest BCUT2D eigenvalue weighted by Gasteiger charge is 2.19. The minimum Gasteiger partial charge on any atom is -0.247 e. The fourth-order valence-electron chi connectivity index (χ4n) is 8.40. The Kier molecular flexibility index (Phi) is 6.19. The Morgan fingerprint density at radius 3 is 1.65 bits per heavy atom. The normalized spacial score (nSPS) is 11.9. The van der Waals surface area contributed by atoms with Crippen LogP contribution in [0.15, 0.2) is 176 Å². The van der Waals surface area contributed by atoms with Crippen LogP contribution in [-0.4, -0.2) is 4.98 Å². The maximum Gasteiger partial charge on any atom is 0.0788 e. The van der Waals surface area contributed by atoms with Gasteiger partial charge in [-0.2, -0.15) is 0 Å². The van der Waals surface area contributed by atoms with Gasteiger partial charge in [0.25, 0.3) is 0 Å². The number of fused-ring (bicyclic) bond motifs is 10. The van der Waals surface area contributed by atoms with Crippen LogP contribution in [0.4, 0.5) is 0 Å². The van der Waals surface area contributed by atoms with Crippen molar-refractivity contribution in [1.82, 2.24) is 4.98 Å². The van der Waals surface area contributed by atoms with Crippen LogP contribution < -0.4 is 0 Å². The highest BCUT2D eigenvalue weighted by atomic mass is 32.1. The first kappa shape index (κ1) is 28.5. The molecule has 2 aromatic heterocycles. The maximum absolute atomic E-state index is 5.31. The Morgan fingerprint density at radius 1 is 0.353 bits per heavy atom. The maximum atomic E-state index is 5.31. The van der Waals surface area contributed by atoms with E-state index in [0.29, 0.717) is 0 Å². The standard InChI is InChI=1S/C49H29NS/c1-2-14-33-30(12-1)13-11-21-35(33)46-38-18-5-3-16-36(38)45(37-17-4-6-19-39(37)46)31-24-26-32(27-25-31)48-42-29-28-40-34-15-8-10-23-44(34)51-49(40)47(42)41-20-7-9-22-43(41)50-48/h1-29H. The van der Waals surface area contributed by atoms with Gasteiger partial charge in [0.1, 0.15) is 0 Å². The van der Waals surface area contributed by atoms with Gasteiger partial charge in [-0.05, 0) is 66.7 Å². The molecule has 0 radical (unpaired) electrons. The highest BCUT2D eigenvalue weighted by molar-refractivity contribution is 7.26. The molecule has 0 atom stereocenters. The van der Waals surface area contributed by atoms with Gasteiger partial charge in [0.05, 0.1) is 11.2 Å². The third kappa shape index (κ3) is 4.24. The van der Waals surface area contributed by atoms with Crippen molar-refractivity contribution in [3.05, 3.63) is 176 Å². The number of benzene rings is 9. The Morgan fingerprint density at radius 2 is 0.902 bits per heavy atom. The fraction of sp³-hybridized carbons (Fsp3) is 0. The molecule has 0 aliphatic heterocycles. The Bertz CT molecular complexity index is 3120. The van der Waals surface area contributed by atoms with Crippen molar-refractivity contribution in [3.63, 3.8) is 0 Å². The lowest BCUT2D eigenvalue weighted by atomic mass is 9.84. The number of aromatic nitrogens is 1. The molecule has 11 rings (SSSR count). The summed E-state index contributed by atoms with van der Waals surface area (Å²) in [5.41, 5.74) is 8.19. The average Bonchev–Trinajstić information content (AvgIpc) is 3.58. The van der Waals surface area contributed by atoms with Gasteiger partial charge in [-0.15, -0.1) is 11.3 Å². The first-order valence-corrected chi connectivity index (χ1v) is 18.3. The van der Waals surface area contributed by atoms with Gasteiger partial charge in [-0.1, -0.05) is 164 Å². The van der Waals surface area contributed by atoms with Gasteiger partial charge < -0.3 is 0 Å². The molecule has 0 spiro atoms. The summed E-state index contributed by atoms with van der Waals surface area (Å²) >= 11 is 1.88. The third-order valence-electron chi connectivity index (χ3n) is 10.6. The zero-order valence-corrected chi connectivity index (χ0v) is 28.4. The number of nitrogens with zero attached hydrogens (tertiary/aromatic N) is 1. The molecule has 2 heterocycles. The van der Waals surface area contributed by atoms with Gasteiger partial charge in [-0.3, -0.25) is 0 Å². The van der Waals surface area contributed by atoms with Crippen LogP contribution >= 0.6 is 11.3 Å². The lowest BCUT2D eigenvalue weighted by Gasteiger charge is -2.19. The van der Waals surface area contributed by atoms with Gasteiger partial charge >= 0.3 is 0 Å². The average molecular weight is 664 g/mol. The number of rotatable bonds is 3. The minimum absolute atomic E-state index is 1.02. The quantitative estimate of drug-likeness (QED) is 0.135. The number of hydrogen-bond donors (Lipinski definition) is 0. The largest absolute Gasteiger partial charge is 0.247 e. The third-order valence-corrected chi connectivity index (χ3v) is 11.8. The summed E-state index contributed by atoms with van der Waals surface area (Å²) < 4.78 is 2.65. The second-order valence-corrected chi connectivity index (χ2v) is 14.4. The monoisotopic (exact) mass is 663 g/mol. The molecule has 0 saturated heterocycles. The van der Waals surface area contributed by atoms with Gasteiger partial charge in [0.15, 0.2) is 0 Å². The summed E-state index contributed by atoms with van der Waals surface area (Å²) in [6.07, 6.45) is 0. The molecule has 236 valence electrons. The summed E-state index contributed by atoms with van der Waals surface area (Å²) in [6.45, 7) is 0. The van der Waals surface area contributed by atoms with Crippen molar-refractivity contribution in [2.75, 3.05) is 0 Å². The van der Waals surface area contributed by atoms with E-state index in [1.165, 1.54) is 90.9 Å². The summed E-state index contributed by atoms with van der Waals surface area (Å²) in [7, 11) is 0. The van der Waals surface area contributed by atoms with Crippen molar-refractivity contribution in [2.24, 2.45) is 0 Å². The van der Waals surface area contributed by atoms with E-state index in [-0.39, 0.29) is 0 Å². The van der Waals surface area contributed by atoms with E-state index in [2.05, 4.69) is 176 Å². The van der Waals surface area contributed by atoms with Crippen LogP contribution in [0.2, 0.25) is 0 Å². The lowest BCUT2D eigenvalue weighted by Crippen LogP contribution is -1.92. The predicted molar refractivity (Wildman–Crippen MR) is 221 cm³/mol. The second-order valence-electron chi connectivity index (χ2n) is 13.4. The highest BCUT2D eigenvalue weighted by Crippen LogP contribution is 2.47. The van der Waals surface area contributed by atoms with E-state index < -0.39 is 0 Å². The van der Waals surface area contributed by atoms with Gasteiger partial charge in [0, 0.05) is 41.9 Å². The zero-order chi connectivity index (χ0) is 33.5. The molecule has 11 aromatic rings. The number of thiophene rings is 1. The number of hydrogen-bond acceptors (Lipinski definition) is 2. The van der Waals surface area contributed by atoms with E-state index in [1.807, 2.05) is 11.3 Å². The van der Waals surface area contributed by atoms with Gasteiger partial charge in [-0.25, -0.2) is 4.98 Å².